The lowest BCUT2D eigenvalue weighted by atomic mass is 9.87. The molecule has 6 nitrogen and oxygen atoms in total. The van der Waals surface area contributed by atoms with Gasteiger partial charge in [0.05, 0.1) is 5.92 Å². The van der Waals surface area contributed by atoms with E-state index in [2.05, 4.69) is 9.99 Å². The number of nitrogens with zero attached hydrogens (tertiary/aromatic N) is 2. The Bertz CT molecular complexity index is 472. The van der Waals surface area contributed by atoms with Crippen LogP contribution in [0.2, 0.25) is 0 Å². The minimum absolute atomic E-state index is 0.0303. The molecule has 0 aromatic carbocycles. The van der Waals surface area contributed by atoms with Gasteiger partial charge in [0.2, 0.25) is 5.79 Å². The number of alkyl halides is 3. The van der Waals surface area contributed by atoms with Crippen molar-refractivity contribution in [2.24, 2.45) is 11.1 Å². The number of aliphatic hydroxyl groups is 1. The number of rotatable bonds is 0. The minimum atomic E-state index is -4.72. The van der Waals surface area contributed by atoms with Crippen LogP contribution >= 0.6 is 0 Å². The minimum Gasteiger partial charge on any atom is -0.444 e. The second-order valence-electron chi connectivity index (χ2n) is 6.14. The SMILES string of the molecule is CC(C)(C)OC(=O)N1CCC2(O)ON=C(C(F)(F)F)C2C1. The largest absolute Gasteiger partial charge is 0.444 e. The van der Waals surface area contributed by atoms with Crippen LogP contribution in [-0.4, -0.2) is 52.5 Å². The lowest BCUT2D eigenvalue weighted by Crippen LogP contribution is -2.56. The van der Waals surface area contributed by atoms with Gasteiger partial charge in [-0.15, -0.1) is 0 Å². The van der Waals surface area contributed by atoms with Crippen LogP contribution in [0.15, 0.2) is 5.16 Å². The number of likely N-dealkylation sites (tertiary alicyclic amines) is 1. The van der Waals surface area contributed by atoms with Gasteiger partial charge < -0.3 is 19.6 Å². The molecule has 0 aromatic rings. The number of hydrogen-bond acceptors (Lipinski definition) is 5. The highest BCUT2D eigenvalue weighted by atomic mass is 19.4. The van der Waals surface area contributed by atoms with Crippen LogP contribution < -0.4 is 0 Å². The average molecular weight is 310 g/mol. The molecule has 0 spiro atoms. The van der Waals surface area contributed by atoms with E-state index in [0.29, 0.717) is 0 Å². The molecule has 2 unspecified atom stereocenters. The van der Waals surface area contributed by atoms with E-state index in [9.17, 15) is 23.1 Å². The van der Waals surface area contributed by atoms with Crippen molar-refractivity contribution >= 4 is 11.8 Å². The number of carbonyl (C=O) groups is 1. The monoisotopic (exact) mass is 310 g/mol. The number of fused-ring (bicyclic) bond motifs is 1. The van der Waals surface area contributed by atoms with Crippen LogP contribution in [0, 0.1) is 5.92 Å². The Balaban J connectivity index is 2.13. The van der Waals surface area contributed by atoms with Crippen molar-refractivity contribution < 1.29 is 32.6 Å². The van der Waals surface area contributed by atoms with Crippen LogP contribution in [0.4, 0.5) is 18.0 Å². The molecule has 1 saturated heterocycles. The number of oxime groups is 1. The molecular formula is C12H17F3N2O4. The predicted molar refractivity (Wildman–Crippen MR) is 65.4 cm³/mol. The van der Waals surface area contributed by atoms with Crippen LogP contribution in [0.25, 0.3) is 0 Å². The molecule has 21 heavy (non-hydrogen) atoms. The first-order valence-electron chi connectivity index (χ1n) is 6.46. The average Bonchev–Trinajstić information content (AvgIpc) is 2.62. The zero-order chi connectivity index (χ0) is 16.1. The van der Waals surface area contributed by atoms with Gasteiger partial charge in [0.15, 0.2) is 5.71 Å². The molecule has 1 N–H and O–H groups in total. The van der Waals surface area contributed by atoms with Crippen molar-refractivity contribution in [3.05, 3.63) is 0 Å². The summed E-state index contributed by atoms with van der Waals surface area (Å²) in [5.41, 5.74) is -1.96. The van der Waals surface area contributed by atoms with Crippen molar-refractivity contribution in [3.8, 4) is 0 Å². The van der Waals surface area contributed by atoms with Gasteiger partial charge in [0.25, 0.3) is 0 Å². The number of halogens is 3. The number of carbonyl (C=O) groups excluding carboxylic acids is 1. The van der Waals surface area contributed by atoms with Crippen molar-refractivity contribution in [2.45, 2.75) is 44.8 Å². The molecule has 2 heterocycles. The molecule has 0 bridgehead atoms. The molecule has 9 heteroatoms. The zero-order valence-electron chi connectivity index (χ0n) is 11.9. The molecule has 1 fully saturated rings. The van der Waals surface area contributed by atoms with Gasteiger partial charge in [-0.25, -0.2) is 4.79 Å². The van der Waals surface area contributed by atoms with E-state index in [1.54, 1.807) is 20.8 Å². The third-order valence-corrected chi connectivity index (χ3v) is 3.26. The Kier molecular flexibility index (Phi) is 3.59. The Hall–Kier alpha value is -1.51. The van der Waals surface area contributed by atoms with Gasteiger partial charge in [-0.3, -0.25) is 0 Å². The summed E-state index contributed by atoms with van der Waals surface area (Å²) in [6.45, 7) is 4.65. The summed E-state index contributed by atoms with van der Waals surface area (Å²) in [5, 5.41) is 13.0. The van der Waals surface area contributed by atoms with Gasteiger partial charge in [0.1, 0.15) is 5.60 Å². The fourth-order valence-corrected chi connectivity index (χ4v) is 2.27. The van der Waals surface area contributed by atoms with E-state index in [1.165, 1.54) is 0 Å². The number of piperidine rings is 1. The fraction of sp³-hybridized carbons (Fsp3) is 0.833. The molecule has 0 aromatic heterocycles. The van der Waals surface area contributed by atoms with Gasteiger partial charge >= 0.3 is 12.3 Å². The van der Waals surface area contributed by atoms with Crippen LogP contribution in [-0.2, 0) is 9.57 Å². The Morgan fingerprint density at radius 3 is 2.62 bits per heavy atom. The maximum absolute atomic E-state index is 12.8. The molecule has 2 rings (SSSR count). The summed E-state index contributed by atoms with van der Waals surface area (Å²) in [6, 6.07) is 0. The highest BCUT2D eigenvalue weighted by Gasteiger charge is 2.59. The van der Waals surface area contributed by atoms with Crippen molar-refractivity contribution in [2.75, 3.05) is 13.1 Å². The number of hydrogen-bond donors (Lipinski definition) is 1. The van der Waals surface area contributed by atoms with Crippen LogP contribution in [0.5, 0.6) is 0 Å². The van der Waals surface area contributed by atoms with Gasteiger partial charge in [-0.05, 0) is 20.8 Å². The summed E-state index contributed by atoms with van der Waals surface area (Å²) >= 11 is 0. The van der Waals surface area contributed by atoms with Gasteiger partial charge in [0, 0.05) is 19.5 Å². The Morgan fingerprint density at radius 2 is 2.10 bits per heavy atom. The molecule has 2 atom stereocenters. The topological polar surface area (TPSA) is 71.4 Å². The second kappa shape index (κ2) is 4.75. The summed E-state index contributed by atoms with van der Waals surface area (Å²) in [7, 11) is 0. The van der Waals surface area contributed by atoms with E-state index in [1.807, 2.05) is 0 Å². The molecule has 120 valence electrons. The number of amides is 1. The summed E-state index contributed by atoms with van der Waals surface area (Å²) in [4.78, 5) is 17.6. The molecule has 2 aliphatic heterocycles. The first-order valence-corrected chi connectivity index (χ1v) is 6.46. The third-order valence-electron chi connectivity index (χ3n) is 3.26. The Morgan fingerprint density at radius 1 is 1.48 bits per heavy atom. The molecular weight excluding hydrogens is 293 g/mol. The lowest BCUT2D eigenvalue weighted by molar-refractivity contribution is -0.227. The lowest BCUT2D eigenvalue weighted by Gasteiger charge is -2.39. The first-order chi connectivity index (χ1) is 9.42. The third kappa shape index (κ3) is 3.22. The summed E-state index contributed by atoms with van der Waals surface area (Å²) in [6.07, 6.45) is -5.61. The normalized spacial score (nSPS) is 29.6. The fourth-order valence-electron chi connectivity index (χ4n) is 2.27. The highest BCUT2D eigenvalue weighted by molar-refractivity contribution is 5.93. The maximum atomic E-state index is 12.8. The predicted octanol–water partition coefficient (Wildman–Crippen LogP) is 1.88. The molecule has 0 radical (unpaired) electrons. The van der Waals surface area contributed by atoms with Crippen molar-refractivity contribution in [1.29, 1.82) is 0 Å². The van der Waals surface area contributed by atoms with Crippen molar-refractivity contribution in [3.63, 3.8) is 0 Å². The molecule has 2 aliphatic rings. The molecule has 0 saturated carbocycles. The summed E-state index contributed by atoms with van der Waals surface area (Å²) < 4.78 is 43.7. The van der Waals surface area contributed by atoms with E-state index in [-0.39, 0.29) is 19.5 Å². The van der Waals surface area contributed by atoms with E-state index >= 15 is 0 Å². The first kappa shape index (κ1) is 15.9. The van der Waals surface area contributed by atoms with Gasteiger partial charge in [-0.2, -0.15) is 13.2 Å². The maximum Gasteiger partial charge on any atom is 0.433 e. The second-order valence-corrected chi connectivity index (χ2v) is 6.14. The number of ether oxygens (including phenoxy) is 1. The highest BCUT2D eigenvalue weighted by Crippen LogP contribution is 2.40. The van der Waals surface area contributed by atoms with E-state index in [0.717, 1.165) is 4.90 Å². The van der Waals surface area contributed by atoms with Gasteiger partial charge in [-0.1, -0.05) is 5.16 Å². The van der Waals surface area contributed by atoms with E-state index < -0.39 is 35.3 Å². The molecule has 1 amide bonds. The van der Waals surface area contributed by atoms with Crippen molar-refractivity contribution in [1.82, 2.24) is 4.90 Å². The summed E-state index contributed by atoms with van der Waals surface area (Å²) in [5.74, 6) is -3.44. The quantitative estimate of drug-likeness (QED) is 0.741. The Labute approximate surface area is 119 Å². The standard InChI is InChI=1S/C12H17F3N2O4/c1-10(2,3)20-9(18)17-5-4-11(19)7(6-17)8(16-21-11)12(13,14)15/h7,19H,4-6H2,1-3H3. The van der Waals surface area contributed by atoms with Crippen LogP contribution in [0.3, 0.4) is 0 Å². The van der Waals surface area contributed by atoms with Crippen LogP contribution in [0.1, 0.15) is 27.2 Å². The molecule has 0 aliphatic carbocycles. The smallest absolute Gasteiger partial charge is 0.433 e. The van der Waals surface area contributed by atoms with E-state index in [4.69, 9.17) is 4.74 Å². The zero-order valence-corrected chi connectivity index (χ0v) is 11.9.